The maximum atomic E-state index is 12.7. The molecule has 1 heteroatoms. The quantitative estimate of drug-likeness (QED) is 0.174. The Morgan fingerprint density at radius 3 is 1.30 bits per heavy atom. The van der Waals surface area contributed by atoms with Crippen LogP contribution in [0, 0.1) is 0 Å². The van der Waals surface area contributed by atoms with Crippen molar-refractivity contribution >= 4 is 0 Å². The van der Waals surface area contributed by atoms with E-state index in [9.17, 15) is 5.11 Å². The molecule has 0 aliphatic carbocycles. The summed E-state index contributed by atoms with van der Waals surface area (Å²) >= 11 is 0. The van der Waals surface area contributed by atoms with E-state index in [1.54, 1.807) is 0 Å². The van der Waals surface area contributed by atoms with E-state index in [0.29, 0.717) is 6.42 Å². The van der Waals surface area contributed by atoms with Crippen molar-refractivity contribution < 1.29 is 5.11 Å². The summed E-state index contributed by atoms with van der Waals surface area (Å²) in [4.78, 5) is 0. The van der Waals surface area contributed by atoms with E-state index in [-0.39, 0.29) is 0 Å². The van der Waals surface area contributed by atoms with Gasteiger partial charge >= 0.3 is 0 Å². The van der Waals surface area contributed by atoms with E-state index in [2.05, 4.69) is 104 Å². The standard InChI is InChI=1S/C36H42O/c1-2-3-4-5-6-7-8-9-20-29-36(37,34-27-18-16-25-32(34)30-21-12-10-13-22-30)35-28-19-17-26-33(35)31-23-14-11-15-24-31/h10-19,21-28,37H,2-9,20,29H2,1H3. The summed E-state index contributed by atoms with van der Waals surface area (Å²) < 4.78 is 0. The van der Waals surface area contributed by atoms with E-state index in [1.807, 2.05) is 12.1 Å². The molecule has 37 heavy (non-hydrogen) atoms. The molecule has 0 spiro atoms. The van der Waals surface area contributed by atoms with Crippen LogP contribution in [0.3, 0.4) is 0 Å². The van der Waals surface area contributed by atoms with Gasteiger partial charge in [-0.3, -0.25) is 0 Å². The SMILES string of the molecule is CCCCCCCCCCCC(O)(c1ccccc1-c1ccccc1)c1ccccc1-c1ccccc1. The van der Waals surface area contributed by atoms with Gasteiger partial charge in [0.2, 0.25) is 0 Å². The average Bonchev–Trinajstić information content (AvgIpc) is 2.97. The molecule has 4 aromatic carbocycles. The smallest absolute Gasteiger partial charge is 0.116 e. The van der Waals surface area contributed by atoms with Gasteiger partial charge in [-0.15, -0.1) is 0 Å². The van der Waals surface area contributed by atoms with Crippen LogP contribution in [0.4, 0.5) is 0 Å². The summed E-state index contributed by atoms with van der Waals surface area (Å²) in [5.74, 6) is 0. The van der Waals surface area contributed by atoms with Gasteiger partial charge in [-0.2, -0.15) is 0 Å². The van der Waals surface area contributed by atoms with E-state index >= 15 is 0 Å². The van der Waals surface area contributed by atoms with Crippen LogP contribution < -0.4 is 0 Å². The van der Waals surface area contributed by atoms with Crippen LogP contribution in [-0.2, 0) is 5.60 Å². The number of rotatable bonds is 14. The molecule has 0 aliphatic rings. The molecule has 0 atom stereocenters. The lowest BCUT2D eigenvalue weighted by Gasteiger charge is -2.33. The van der Waals surface area contributed by atoms with Crippen molar-refractivity contribution in [1.29, 1.82) is 0 Å². The van der Waals surface area contributed by atoms with Gasteiger partial charge in [0, 0.05) is 0 Å². The van der Waals surface area contributed by atoms with Crippen LogP contribution in [0.15, 0.2) is 109 Å². The zero-order chi connectivity index (χ0) is 25.8. The highest BCUT2D eigenvalue weighted by atomic mass is 16.3. The first kappa shape index (κ1) is 26.9. The summed E-state index contributed by atoms with van der Waals surface area (Å²) in [6, 6.07) is 37.8. The Kier molecular flexibility index (Phi) is 10.1. The van der Waals surface area contributed by atoms with E-state index < -0.39 is 5.60 Å². The van der Waals surface area contributed by atoms with Gasteiger partial charge in [-0.1, -0.05) is 167 Å². The minimum Gasteiger partial charge on any atom is -0.380 e. The number of hydrogen-bond acceptors (Lipinski definition) is 1. The molecule has 4 aromatic rings. The first-order chi connectivity index (χ1) is 18.2. The van der Waals surface area contributed by atoms with Gasteiger partial charge in [-0.25, -0.2) is 0 Å². The summed E-state index contributed by atoms with van der Waals surface area (Å²) in [5, 5.41) is 12.7. The second-order valence-electron chi connectivity index (χ2n) is 10.3. The Labute approximate surface area is 224 Å². The lowest BCUT2D eigenvalue weighted by Crippen LogP contribution is -2.29. The molecule has 0 radical (unpaired) electrons. The lowest BCUT2D eigenvalue weighted by molar-refractivity contribution is 0.0690. The Hall–Kier alpha value is -3.16. The maximum absolute atomic E-state index is 12.7. The van der Waals surface area contributed by atoms with E-state index in [4.69, 9.17) is 0 Å². The van der Waals surface area contributed by atoms with Crippen LogP contribution >= 0.6 is 0 Å². The first-order valence-electron chi connectivity index (χ1n) is 14.3. The highest BCUT2D eigenvalue weighted by Crippen LogP contribution is 2.43. The second kappa shape index (κ2) is 14.0. The van der Waals surface area contributed by atoms with Crippen molar-refractivity contribution in [3.8, 4) is 22.3 Å². The third-order valence-corrected chi connectivity index (χ3v) is 7.56. The van der Waals surface area contributed by atoms with Gasteiger partial charge in [0.25, 0.3) is 0 Å². The van der Waals surface area contributed by atoms with Gasteiger partial charge in [0.15, 0.2) is 0 Å². The molecular weight excluding hydrogens is 448 g/mol. The second-order valence-corrected chi connectivity index (χ2v) is 10.3. The zero-order valence-corrected chi connectivity index (χ0v) is 22.4. The van der Waals surface area contributed by atoms with Crippen LogP contribution in [0.2, 0.25) is 0 Å². The van der Waals surface area contributed by atoms with Crippen molar-refractivity contribution in [2.45, 2.75) is 76.7 Å². The summed E-state index contributed by atoms with van der Waals surface area (Å²) in [6.45, 7) is 2.27. The molecule has 4 rings (SSSR count). The van der Waals surface area contributed by atoms with Crippen molar-refractivity contribution in [1.82, 2.24) is 0 Å². The maximum Gasteiger partial charge on any atom is 0.116 e. The molecule has 0 heterocycles. The minimum absolute atomic E-state index is 0.705. The fourth-order valence-corrected chi connectivity index (χ4v) is 5.53. The summed E-state index contributed by atoms with van der Waals surface area (Å²) in [7, 11) is 0. The Morgan fingerprint density at radius 2 is 0.838 bits per heavy atom. The summed E-state index contributed by atoms with van der Waals surface area (Å²) in [5.41, 5.74) is 5.38. The van der Waals surface area contributed by atoms with Crippen molar-refractivity contribution in [3.05, 3.63) is 120 Å². The van der Waals surface area contributed by atoms with E-state index in [0.717, 1.165) is 46.2 Å². The van der Waals surface area contributed by atoms with Crippen LogP contribution in [-0.4, -0.2) is 5.11 Å². The first-order valence-corrected chi connectivity index (χ1v) is 14.3. The molecule has 1 nitrogen and oxygen atoms in total. The zero-order valence-electron chi connectivity index (χ0n) is 22.4. The van der Waals surface area contributed by atoms with Gasteiger partial charge in [-0.05, 0) is 46.2 Å². The Morgan fingerprint density at radius 1 is 0.459 bits per heavy atom. The highest BCUT2D eigenvalue weighted by molar-refractivity contribution is 5.74. The molecule has 0 aliphatic heterocycles. The molecule has 0 amide bonds. The normalized spacial score (nSPS) is 11.5. The van der Waals surface area contributed by atoms with Gasteiger partial charge < -0.3 is 5.11 Å². The number of aliphatic hydroxyl groups is 1. The third kappa shape index (κ3) is 6.99. The predicted molar refractivity (Wildman–Crippen MR) is 159 cm³/mol. The van der Waals surface area contributed by atoms with Gasteiger partial charge in [0.1, 0.15) is 5.60 Å². The fraction of sp³-hybridized carbons (Fsp3) is 0.333. The van der Waals surface area contributed by atoms with Crippen LogP contribution in [0.1, 0.15) is 82.3 Å². The topological polar surface area (TPSA) is 20.2 Å². The molecule has 0 saturated carbocycles. The highest BCUT2D eigenvalue weighted by Gasteiger charge is 2.35. The minimum atomic E-state index is -1.08. The van der Waals surface area contributed by atoms with Gasteiger partial charge in [0.05, 0.1) is 0 Å². The Balaban J connectivity index is 1.65. The number of unbranched alkanes of at least 4 members (excludes halogenated alkanes) is 8. The fourth-order valence-electron chi connectivity index (χ4n) is 5.53. The van der Waals surface area contributed by atoms with Crippen molar-refractivity contribution in [2.24, 2.45) is 0 Å². The molecule has 0 bridgehead atoms. The third-order valence-electron chi connectivity index (χ3n) is 7.56. The lowest BCUT2D eigenvalue weighted by atomic mass is 9.76. The molecule has 0 fully saturated rings. The largest absolute Gasteiger partial charge is 0.380 e. The molecule has 0 aromatic heterocycles. The van der Waals surface area contributed by atoms with E-state index in [1.165, 1.54) is 44.9 Å². The number of hydrogen-bond donors (Lipinski definition) is 1. The van der Waals surface area contributed by atoms with Crippen LogP contribution in [0.5, 0.6) is 0 Å². The number of benzene rings is 4. The molecule has 0 unspecified atom stereocenters. The Bertz CT molecular complexity index is 1110. The van der Waals surface area contributed by atoms with Crippen molar-refractivity contribution in [3.63, 3.8) is 0 Å². The van der Waals surface area contributed by atoms with Crippen molar-refractivity contribution in [2.75, 3.05) is 0 Å². The monoisotopic (exact) mass is 490 g/mol. The average molecular weight is 491 g/mol. The molecule has 192 valence electrons. The predicted octanol–water partition coefficient (Wildman–Crippen LogP) is 10.2. The molecule has 1 N–H and O–H groups in total. The molecular formula is C36H42O. The van der Waals surface area contributed by atoms with Crippen LogP contribution in [0.25, 0.3) is 22.3 Å². The summed E-state index contributed by atoms with van der Waals surface area (Å²) in [6.07, 6.45) is 12.1. The molecule has 0 saturated heterocycles.